The Bertz CT molecular complexity index is 452. The van der Waals surface area contributed by atoms with E-state index in [9.17, 15) is 20.0 Å². The maximum Gasteiger partial charge on any atom is 0.269 e. The first-order valence-corrected chi connectivity index (χ1v) is 7.18. The van der Waals surface area contributed by atoms with Gasteiger partial charge in [0, 0.05) is 18.0 Å². The molecular formula is C12H14ClNO4S. The summed E-state index contributed by atoms with van der Waals surface area (Å²) < 4.78 is 0. The third-order valence-corrected chi connectivity index (χ3v) is 3.79. The van der Waals surface area contributed by atoms with Gasteiger partial charge in [-0.15, -0.1) is 11.6 Å². The van der Waals surface area contributed by atoms with Crippen molar-refractivity contribution in [2.75, 3.05) is 11.6 Å². The number of non-ortho nitro benzene ring substituents is 1. The first kappa shape index (κ1) is 15.9. The number of aliphatic hydroxyl groups excluding tert-OH is 1. The largest absolute Gasteiger partial charge is 0.388 e. The van der Waals surface area contributed by atoms with Crippen molar-refractivity contribution in [3.8, 4) is 0 Å². The number of nitro benzene ring substituents is 1. The molecule has 0 aliphatic rings. The van der Waals surface area contributed by atoms with Gasteiger partial charge in [0.15, 0.2) is 5.12 Å². The fraction of sp³-hybridized carbons (Fsp3) is 0.417. The van der Waals surface area contributed by atoms with Gasteiger partial charge >= 0.3 is 0 Å². The topological polar surface area (TPSA) is 80.4 Å². The Morgan fingerprint density at radius 3 is 2.47 bits per heavy atom. The molecule has 0 radical (unpaired) electrons. The van der Waals surface area contributed by atoms with E-state index in [2.05, 4.69) is 0 Å². The second-order valence-electron chi connectivity index (χ2n) is 3.81. The average Bonchev–Trinajstić information content (AvgIpc) is 2.39. The van der Waals surface area contributed by atoms with Crippen molar-refractivity contribution >= 4 is 34.2 Å². The lowest BCUT2D eigenvalue weighted by molar-refractivity contribution is -0.384. The molecule has 0 spiro atoms. The molecule has 0 unspecified atom stereocenters. The van der Waals surface area contributed by atoms with Crippen LogP contribution in [0, 0.1) is 16.0 Å². The summed E-state index contributed by atoms with van der Waals surface area (Å²) in [5.41, 5.74) is 0.383. The second-order valence-corrected chi connectivity index (χ2v) is 5.38. The molecule has 0 saturated heterocycles. The van der Waals surface area contributed by atoms with Crippen molar-refractivity contribution in [2.24, 2.45) is 5.92 Å². The average molecular weight is 304 g/mol. The van der Waals surface area contributed by atoms with Crippen LogP contribution in [0.25, 0.3) is 0 Å². The Balaban J connectivity index is 2.88. The highest BCUT2D eigenvalue weighted by Crippen LogP contribution is 2.28. The lowest BCUT2D eigenvalue weighted by atomic mass is 9.98. The number of benzene rings is 1. The summed E-state index contributed by atoms with van der Waals surface area (Å²) in [6.45, 7) is 1.84. The maximum absolute atomic E-state index is 11.8. The second kappa shape index (κ2) is 7.47. The third kappa shape index (κ3) is 4.19. The fourth-order valence-electron chi connectivity index (χ4n) is 1.55. The van der Waals surface area contributed by atoms with Gasteiger partial charge in [0.05, 0.1) is 16.9 Å². The van der Waals surface area contributed by atoms with Crippen LogP contribution in [0.3, 0.4) is 0 Å². The van der Waals surface area contributed by atoms with E-state index < -0.39 is 16.9 Å². The van der Waals surface area contributed by atoms with Gasteiger partial charge in [-0.3, -0.25) is 14.9 Å². The van der Waals surface area contributed by atoms with E-state index in [0.29, 0.717) is 11.3 Å². The number of rotatable bonds is 6. The number of hydrogen-bond donors (Lipinski definition) is 1. The fourth-order valence-corrected chi connectivity index (χ4v) is 2.66. The molecule has 0 aliphatic heterocycles. The molecular weight excluding hydrogens is 290 g/mol. The molecule has 1 aromatic rings. The first-order valence-electron chi connectivity index (χ1n) is 5.66. The summed E-state index contributed by atoms with van der Waals surface area (Å²) in [6.07, 6.45) is -1.05. The van der Waals surface area contributed by atoms with Crippen molar-refractivity contribution in [2.45, 2.75) is 13.0 Å². The molecule has 0 bridgehead atoms. The summed E-state index contributed by atoms with van der Waals surface area (Å²) in [7, 11) is 0. The SMILES string of the molecule is CCSC(=O)[C@H](CCl)[C@@H](O)c1ccc([N+](=O)[O-])cc1. The highest BCUT2D eigenvalue weighted by atomic mass is 35.5. The van der Waals surface area contributed by atoms with Crippen LogP contribution in [0.2, 0.25) is 0 Å². The zero-order valence-corrected chi connectivity index (χ0v) is 11.9. The molecule has 0 saturated carbocycles. The Morgan fingerprint density at radius 2 is 2.05 bits per heavy atom. The molecule has 19 heavy (non-hydrogen) atoms. The number of alkyl halides is 1. The van der Waals surface area contributed by atoms with Gasteiger partial charge in [-0.1, -0.05) is 18.7 Å². The molecule has 1 aromatic carbocycles. The number of nitrogens with zero attached hydrogens (tertiary/aromatic N) is 1. The molecule has 0 heterocycles. The van der Waals surface area contributed by atoms with E-state index in [1.54, 1.807) is 0 Å². The molecule has 0 amide bonds. The van der Waals surface area contributed by atoms with Crippen LogP contribution in [-0.2, 0) is 4.79 Å². The lowest BCUT2D eigenvalue weighted by Gasteiger charge is -2.19. The van der Waals surface area contributed by atoms with Crippen molar-refractivity contribution in [1.82, 2.24) is 0 Å². The predicted octanol–water partition coefficient (Wildman–Crippen LogP) is 2.76. The number of thioether (sulfide) groups is 1. The van der Waals surface area contributed by atoms with Gasteiger partial charge in [0.1, 0.15) is 0 Å². The number of halogens is 1. The maximum atomic E-state index is 11.8. The molecule has 1 N–H and O–H groups in total. The Kier molecular flexibility index (Phi) is 6.27. The summed E-state index contributed by atoms with van der Waals surface area (Å²) in [5.74, 6) is -0.100. The van der Waals surface area contributed by atoms with Crippen LogP contribution in [-0.4, -0.2) is 26.8 Å². The molecule has 7 heteroatoms. The van der Waals surface area contributed by atoms with Gasteiger partial charge in [-0.25, -0.2) is 0 Å². The Labute approximate surface area is 120 Å². The zero-order valence-electron chi connectivity index (χ0n) is 10.3. The summed E-state index contributed by atoms with van der Waals surface area (Å²) in [5, 5.41) is 20.5. The van der Waals surface area contributed by atoms with Crippen LogP contribution in [0.1, 0.15) is 18.6 Å². The van der Waals surface area contributed by atoms with E-state index in [1.165, 1.54) is 24.3 Å². The minimum absolute atomic E-state index is 0.00396. The quantitative estimate of drug-likeness (QED) is 0.496. The molecule has 0 aliphatic carbocycles. The smallest absolute Gasteiger partial charge is 0.269 e. The number of carbonyl (C=O) groups is 1. The number of aliphatic hydroxyl groups is 1. The predicted molar refractivity (Wildman–Crippen MR) is 75.4 cm³/mol. The van der Waals surface area contributed by atoms with Gasteiger partial charge < -0.3 is 5.11 Å². The summed E-state index contributed by atoms with van der Waals surface area (Å²) in [4.78, 5) is 21.8. The Morgan fingerprint density at radius 1 is 1.47 bits per heavy atom. The van der Waals surface area contributed by atoms with Gasteiger partial charge in [-0.05, 0) is 23.4 Å². The first-order chi connectivity index (χ1) is 9.01. The van der Waals surface area contributed by atoms with Crippen LogP contribution in [0.4, 0.5) is 5.69 Å². The van der Waals surface area contributed by atoms with E-state index in [0.717, 1.165) is 11.8 Å². The van der Waals surface area contributed by atoms with E-state index in [-0.39, 0.29) is 16.7 Å². The number of hydrogen-bond acceptors (Lipinski definition) is 5. The summed E-state index contributed by atoms with van der Waals surface area (Å²) >= 11 is 6.83. The number of carbonyl (C=O) groups excluding carboxylic acids is 1. The van der Waals surface area contributed by atoms with Crippen molar-refractivity contribution in [3.05, 3.63) is 39.9 Å². The molecule has 2 atom stereocenters. The standard InChI is InChI=1S/C12H14ClNO4S/c1-2-19-12(16)10(7-13)11(15)8-3-5-9(6-4-8)14(17)18/h3-6,10-11,15H,2,7H2,1H3/t10-,11+/m1/s1. The normalized spacial score (nSPS) is 13.8. The third-order valence-electron chi connectivity index (χ3n) is 2.58. The van der Waals surface area contributed by atoms with Crippen LogP contribution in [0.5, 0.6) is 0 Å². The molecule has 0 aromatic heterocycles. The van der Waals surface area contributed by atoms with Crippen molar-refractivity contribution < 1.29 is 14.8 Å². The molecule has 1 rings (SSSR count). The minimum atomic E-state index is -1.05. The summed E-state index contributed by atoms with van der Waals surface area (Å²) in [6, 6.07) is 5.46. The molecule has 5 nitrogen and oxygen atoms in total. The monoisotopic (exact) mass is 303 g/mol. The van der Waals surface area contributed by atoms with Crippen LogP contribution >= 0.6 is 23.4 Å². The number of nitro groups is 1. The van der Waals surface area contributed by atoms with E-state index in [1.807, 2.05) is 6.92 Å². The zero-order chi connectivity index (χ0) is 14.4. The highest BCUT2D eigenvalue weighted by molar-refractivity contribution is 8.13. The molecule has 0 fully saturated rings. The Hall–Kier alpha value is -1.11. The van der Waals surface area contributed by atoms with Crippen molar-refractivity contribution in [1.29, 1.82) is 0 Å². The van der Waals surface area contributed by atoms with E-state index >= 15 is 0 Å². The van der Waals surface area contributed by atoms with Gasteiger partial charge in [0.25, 0.3) is 5.69 Å². The van der Waals surface area contributed by atoms with Gasteiger partial charge in [-0.2, -0.15) is 0 Å². The minimum Gasteiger partial charge on any atom is -0.388 e. The van der Waals surface area contributed by atoms with Crippen LogP contribution < -0.4 is 0 Å². The van der Waals surface area contributed by atoms with E-state index in [4.69, 9.17) is 11.6 Å². The van der Waals surface area contributed by atoms with Gasteiger partial charge in [0.2, 0.25) is 0 Å². The highest BCUT2D eigenvalue weighted by Gasteiger charge is 2.27. The van der Waals surface area contributed by atoms with Crippen LogP contribution in [0.15, 0.2) is 24.3 Å². The lowest BCUT2D eigenvalue weighted by Crippen LogP contribution is -2.22. The molecule has 104 valence electrons. The van der Waals surface area contributed by atoms with Crippen molar-refractivity contribution in [3.63, 3.8) is 0 Å².